The van der Waals surface area contributed by atoms with Crippen LogP contribution in [-0.4, -0.2) is 17.7 Å². The average Bonchev–Trinajstić information content (AvgIpc) is 2.72. The van der Waals surface area contributed by atoms with Crippen LogP contribution in [0.5, 0.6) is 0 Å². The highest BCUT2D eigenvalue weighted by atomic mass is 35.5. The zero-order valence-corrected chi connectivity index (χ0v) is 10.8. The van der Waals surface area contributed by atoms with Gasteiger partial charge in [-0.1, -0.05) is 28.9 Å². The van der Waals surface area contributed by atoms with Crippen molar-refractivity contribution in [3.8, 4) is 11.3 Å². The normalized spacial score (nSPS) is 10.4. The quantitative estimate of drug-likeness (QED) is 0.797. The predicted octanol–water partition coefficient (Wildman–Crippen LogP) is 3.48. The fraction of sp³-hybridized carbons (Fsp3) is 0.231. The first-order valence-electron chi connectivity index (χ1n) is 5.52. The lowest BCUT2D eigenvalue weighted by molar-refractivity contribution is 0.0525. The molecule has 1 heterocycles. The standard InChI is InChI=1S/C13H12ClNO3/c1-3-17-13(16)11-8(2)18-15-12(11)9-4-6-10(14)7-5-9/h4-7H,3H2,1-2H3. The van der Waals surface area contributed by atoms with E-state index in [1.54, 1.807) is 38.1 Å². The number of nitrogens with zero attached hydrogens (tertiary/aromatic N) is 1. The first kappa shape index (κ1) is 12.6. The highest BCUT2D eigenvalue weighted by Crippen LogP contribution is 2.26. The lowest BCUT2D eigenvalue weighted by Gasteiger charge is -2.02. The first-order chi connectivity index (χ1) is 8.63. The molecule has 0 radical (unpaired) electrons. The lowest BCUT2D eigenvalue weighted by Crippen LogP contribution is -2.06. The van der Waals surface area contributed by atoms with E-state index in [4.69, 9.17) is 20.9 Å². The molecule has 0 saturated carbocycles. The lowest BCUT2D eigenvalue weighted by atomic mass is 10.1. The molecule has 2 rings (SSSR count). The van der Waals surface area contributed by atoms with Crippen molar-refractivity contribution in [3.63, 3.8) is 0 Å². The molecule has 1 aromatic carbocycles. The number of esters is 1. The Morgan fingerprint density at radius 2 is 2.06 bits per heavy atom. The fourth-order valence-corrected chi connectivity index (χ4v) is 1.75. The van der Waals surface area contributed by atoms with Gasteiger partial charge in [-0.3, -0.25) is 0 Å². The maximum Gasteiger partial charge on any atom is 0.344 e. The molecule has 0 unspecified atom stereocenters. The largest absolute Gasteiger partial charge is 0.462 e. The van der Waals surface area contributed by atoms with Crippen LogP contribution in [0.2, 0.25) is 5.02 Å². The number of hydrogen-bond acceptors (Lipinski definition) is 4. The molecule has 0 atom stereocenters. The minimum Gasteiger partial charge on any atom is -0.462 e. The molecule has 94 valence electrons. The Morgan fingerprint density at radius 3 is 2.67 bits per heavy atom. The van der Waals surface area contributed by atoms with Crippen molar-refractivity contribution < 1.29 is 14.1 Å². The van der Waals surface area contributed by atoms with Gasteiger partial charge in [-0.05, 0) is 26.0 Å². The summed E-state index contributed by atoms with van der Waals surface area (Å²) in [5, 5.41) is 4.52. The van der Waals surface area contributed by atoms with Crippen molar-refractivity contribution in [2.24, 2.45) is 0 Å². The summed E-state index contributed by atoms with van der Waals surface area (Å²) in [5.41, 5.74) is 1.60. The van der Waals surface area contributed by atoms with E-state index in [0.717, 1.165) is 5.56 Å². The number of aromatic nitrogens is 1. The van der Waals surface area contributed by atoms with Gasteiger partial charge in [-0.15, -0.1) is 0 Å². The Hall–Kier alpha value is -1.81. The van der Waals surface area contributed by atoms with Crippen LogP contribution in [0.25, 0.3) is 11.3 Å². The fourth-order valence-electron chi connectivity index (χ4n) is 1.62. The van der Waals surface area contributed by atoms with Gasteiger partial charge in [0, 0.05) is 10.6 Å². The monoisotopic (exact) mass is 265 g/mol. The Balaban J connectivity index is 2.45. The number of aryl methyl sites for hydroxylation is 1. The number of ether oxygens (including phenoxy) is 1. The summed E-state index contributed by atoms with van der Waals surface area (Å²) in [5.74, 6) is 0.0135. The molecular weight excluding hydrogens is 254 g/mol. The zero-order chi connectivity index (χ0) is 13.1. The molecule has 2 aromatic rings. The maximum absolute atomic E-state index is 11.8. The van der Waals surface area contributed by atoms with Crippen molar-refractivity contribution in [2.45, 2.75) is 13.8 Å². The van der Waals surface area contributed by atoms with Crippen LogP contribution in [-0.2, 0) is 4.74 Å². The molecule has 0 amide bonds. The SMILES string of the molecule is CCOC(=O)c1c(-c2ccc(Cl)cc2)noc1C. The van der Waals surface area contributed by atoms with E-state index in [-0.39, 0.29) is 0 Å². The molecule has 0 saturated heterocycles. The van der Waals surface area contributed by atoms with Gasteiger partial charge < -0.3 is 9.26 Å². The Kier molecular flexibility index (Phi) is 3.67. The number of carbonyl (C=O) groups excluding carboxylic acids is 1. The molecule has 0 bridgehead atoms. The third kappa shape index (κ3) is 2.38. The highest BCUT2D eigenvalue weighted by Gasteiger charge is 2.22. The smallest absolute Gasteiger partial charge is 0.344 e. The van der Waals surface area contributed by atoms with Gasteiger partial charge in [0.1, 0.15) is 17.0 Å². The highest BCUT2D eigenvalue weighted by molar-refractivity contribution is 6.30. The van der Waals surface area contributed by atoms with E-state index in [1.165, 1.54) is 0 Å². The predicted molar refractivity (Wildman–Crippen MR) is 67.6 cm³/mol. The number of rotatable bonds is 3. The summed E-state index contributed by atoms with van der Waals surface area (Å²) in [7, 11) is 0. The van der Waals surface area contributed by atoms with E-state index >= 15 is 0 Å². The van der Waals surface area contributed by atoms with Gasteiger partial charge >= 0.3 is 5.97 Å². The maximum atomic E-state index is 11.8. The third-order valence-corrected chi connectivity index (χ3v) is 2.71. The molecule has 18 heavy (non-hydrogen) atoms. The summed E-state index contributed by atoms with van der Waals surface area (Å²) in [6, 6.07) is 7.02. The number of carbonyl (C=O) groups is 1. The second-order valence-electron chi connectivity index (χ2n) is 3.69. The Labute approximate surface area is 109 Å². The van der Waals surface area contributed by atoms with E-state index in [9.17, 15) is 4.79 Å². The second kappa shape index (κ2) is 5.23. The van der Waals surface area contributed by atoms with E-state index in [1.807, 2.05) is 0 Å². The van der Waals surface area contributed by atoms with Gasteiger partial charge in [-0.2, -0.15) is 0 Å². The molecule has 0 spiro atoms. The minimum atomic E-state index is -0.429. The van der Waals surface area contributed by atoms with Crippen molar-refractivity contribution in [3.05, 3.63) is 40.6 Å². The van der Waals surface area contributed by atoms with Crippen LogP contribution in [0.3, 0.4) is 0 Å². The van der Waals surface area contributed by atoms with Gasteiger partial charge in [-0.25, -0.2) is 4.79 Å². The van der Waals surface area contributed by atoms with E-state index in [0.29, 0.717) is 28.6 Å². The molecule has 0 aliphatic heterocycles. The summed E-state index contributed by atoms with van der Waals surface area (Å²) < 4.78 is 10.1. The summed E-state index contributed by atoms with van der Waals surface area (Å²) in [6.45, 7) is 3.74. The number of benzene rings is 1. The van der Waals surface area contributed by atoms with Gasteiger partial charge in [0.15, 0.2) is 0 Å². The summed E-state index contributed by atoms with van der Waals surface area (Å²) in [4.78, 5) is 11.8. The van der Waals surface area contributed by atoms with Crippen LogP contribution in [0.15, 0.2) is 28.8 Å². The van der Waals surface area contributed by atoms with Crippen LogP contribution in [0, 0.1) is 6.92 Å². The number of hydrogen-bond donors (Lipinski definition) is 0. The third-order valence-electron chi connectivity index (χ3n) is 2.46. The van der Waals surface area contributed by atoms with Crippen LogP contribution < -0.4 is 0 Å². The zero-order valence-electron chi connectivity index (χ0n) is 10.1. The van der Waals surface area contributed by atoms with Crippen molar-refractivity contribution in [2.75, 3.05) is 6.61 Å². The summed E-state index contributed by atoms with van der Waals surface area (Å²) in [6.07, 6.45) is 0. The Morgan fingerprint density at radius 1 is 1.39 bits per heavy atom. The van der Waals surface area contributed by atoms with Crippen LogP contribution >= 0.6 is 11.6 Å². The van der Waals surface area contributed by atoms with Crippen molar-refractivity contribution in [1.29, 1.82) is 0 Å². The first-order valence-corrected chi connectivity index (χ1v) is 5.90. The number of halogens is 1. The molecule has 0 N–H and O–H groups in total. The summed E-state index contributed by atoms with van der Waals surface area (Å²) >= 11 is 5.82. The van der Waals surface area contributed by atoms with E-state index < -0.39 is 5.97 Å². The van der Waals surface area contributed by atoms with Gasteiger partial charge in [0.2, 0.25) is 0 Å². The van der Waals surface area contributed by atoms with Crippen molar-refractivity contribution in [1.82, 2.24) is 5.16 Å². The molecule has 5 heteroatoms. The molecule has 0 aliphatic rings. The molecule has 0 aliphatic carbocycles. The van der Waals surface area contributed by atoms with Crippen LogP contribution in [0.1, 0.15) is 23.0 Å². The van der Waals surface area contributed by atoms with Crippen LogP contribution in [0.4, 0.5) is 0 Å². The average molecular weight is 266 g/mol. The van der Waals surface area contributed by atoms with Gasteiger partial charge in [0.05, 0.1) is 6.61 Å². The topological polar surface area (TPSA) is 52.3 Å². The molecular formula is C13H12ClNO3. The Bertz CT molecular complexity index is 560. The van der Waals surface area contributed by atoms with Gasteiger partial charge in [0.25, 0.3) is 0 Å². The molecule has 1 aromatic heterocycles. The van der Waals surface area contributed by atoms with E-state index in [2.05, 4.69) is 5.16 Å². The second-order valence-corrected chi connectivity index (χ2v) is 4.13. The minimum absolute atomic E-state index is 0.309. The molecule has 4 nitrogen and oxygen atoms in total. The van der Waals surface area contributed by atoms with Crippen molar-refractivity contribution >= 4 is 17.6 Å². The molecule has 0 fully saturated rings.